The first-order valence-corrected chi connectivity index (χ1v) is 10.6. The van der Waals surface area contributed by atoms with E-state index in [1.165, 1.54) is 0 Å². The summed E-state index contributed by atoms with van der Waals surface area (Å²) in [5.74, 6) is 2.69. The number of fused-ring (bicyclic) bond motifs is 1. The molecular weight excluding hydrogens is 420 g/mol. The van der Waals surface area contributed by atoms with Crippen LogP contribution in [-0.2, 0) is 0 Å². The van der Waals surface area contributed by atoms with E-state index >= 15 is 0 Å². The minimum Gasteiger partial charge on any atom is -0.497 e. The third kappa shape index (κ3) is 4.80. The third-order valence-corrected chi connectivity index (χ3v) is 5.31. The lowest BCUT2D eigenvalue weighted by Crippen LogP contribution is -2.16. The number of rotatable bonds is 8. The van der Waals surface area contributed by atoms with Gasteiger partial charge in [0.15, 0.2) is 5.76 Å². The molecular formula is C27H26O6. The number of benzene rings is 3. The standard InChI is InChI=1S/C27H26O6/c1-17-15-18(2)24-23(16-17)33-26(19-5-7-20(29-3)8-6-19)27(25(24)28)32-14-13-31-22-11-9-21(30-4)10-12-22/h5-12,15-16H,13-14H2,1-4H3. The highest BCUT2D eigenvalue weighted by Gasteiger charge is 2.19. The molecule has 1 heterocycles. The Morgan fingerprint density at radius 3 is 1.97 bits per heavy atom. The van der Waals surface area contributed by atoms with E-state index in [1.54, 1.807) is 14.2 Å². The molecule has 4 aromatic rings. The SMILES string of the molecule is COc1ccc(OCCOc2c(-c3ccc(OC)cc3)oc3cc(C)cc(C)c3c2=O)cc1. The Morgan fingerprint density at radius 1 is 0.758 bits per heavy atom. The smallest absolute Gasteiger partial charge is 0.235 e. The maximum atomic E-state index is 13.4. The van der Waals surface area contributed by atoms with Crippen LogP contribution in [0, 0.1) is 13.8 Å². The fourth-order valence-corrected chi connectivity index (χ4v) is 3.71. The zero-order valence-electron chi connectivity index (χ0n) is 19.1. The normalized spacial score (nSPS) is 10.8. The summed E-state index contributed by atoms with van der Waals surface area (Å²) < 4.78 is 28.3. The molecule has 0 bridgehead atoms. The summed E-state index contributed by atoms with van der Waals surface area (Å²) in [5, 5.41) is 0.518. The molecule has 0 aliphatic heterocycles. The molecule has 0 aliphatic carbocycles. The van der Waals surface area contributed by atoms with Crippen LogP contribution in [0.5, 0.6) is 23.0 Å². The summed E-state index contributed by atoms with van der Waals surface area (Å²) in [5.41, 5.74) is 2.92. The van der Waals surface area contributed by atoms with E-state index in [2.05, 4.69) is 0 Å². The van der Waals surface area contributed by atoms with Gasteiger partial charge in [0.2, 0.25) is 11.2 Å². The highest BCUT2D eigenvalue weighted by molar-refractivity contribution is 5.85. The maximum absolute atomic E-state index is 13.4. The average Bonchev–Trinajstić information content (AvgIpc) is 2.82. The topological polar surface area (TPSA) is 67.1 Å². The van der Waals surface area contributed by atoms with Crippen molar-refractivity contribution in [3.05, 3.63) is 82.0 Å². The van der Waals surface area contributed by atoms with Crippen molar-refractivity contribution in [1.29, 1.82) is 0 Å². The lowest BCUT2D eigenvalue weighted by atomic mass is 10.0. The number of hydrogen-bond donors (Lipinski definition) is 0. The predicted octanol–water partition coefficient (Wildman–Crippen LogP) is 5.55. The molecule has 0 aliphatic rings. The molecule has 0 saturated heterocycles. The van der Waals surface area contributed by atoms with Gasteiger partial charge in [-0.3, -0.25) is 4.79 Å². The van der Waals surface area contributed by atoms with E-state index in [1.807, 2.05) is 74.5 Å². The van der Waals surface area contributed by atoms with Crippen LogP contribution in [0.25, 0.3) is 22.3 Å². The molecule has 3 aromatic carbocycles. The molecule has 0 unspecified atom stereocenters. The Hall–Kier alpha value is -3.93. The average molecular weight is 446 g/mol. The second kappa shape index (κ2) is 9.69. The lowest BCUT2D eigenvalue weighted by Gasteiger charge is -2.14. The number of methoxy groups -OCH3 is 2. The van der Waals surface area contributed by atoms with Crippen molar-refractivity contribution in [3.8, 4) is 34.3 Å². The van der Waals surface area contributed by atoms with Crippen molar-refractivity contribution in [2.24, 2.45) is 0 Å². The van der Waals surface area contributed by atoms with Crippen LogP contribution < -0.4 is 24.4 Å². The number of aryl methyl sites for hydroxylation is 2. The number of hydrogen-bond acceptors (Lipinski definition) is 6. The summed E-state index contributed by atoms with van der Waals surface area (Å²) in [6.45, 7) is 4.31. The molecule has 0 N–H and O–H groups in total. The van der Waals surface area contributed by atoms with Gasteiger partial charge in [-0.25, -0.2) is 0 Å². The van der Waals surface area contributed by atoms with Crippen LogP contribution in [0.15, 0.2) is 69.9 Å². The van der Waals surface area contributed by atoms with E-state index in [-0.39, 0.29) is 24.4 Å². The first kappa shape index (κ1) is 22.3. The fraction of sp³-hybridized carbons (Fsp3) is 0.222. The summed E-state index contributed by atoms with van der Waals surface area (Å²) in [7, 11) is 3.22. The van der Waals surface area contributed by atoms with Crippen molar-refractivity contribution in [1.82, 2.24) is 0 Å². The van der Waals surface area contributed by atoms with Gasteiger partial charge in [-0.2, -0.15) is 0 Å². The van der Waals surface area contributed by atoms with Crippen molar-refractivity contribution in [2.75, 3.05) is 27.4 Å². The van der Waals surface area contributed by atoms with E-state index < -0.39 is 0 Å². The van der Waals surface area contributed by atoms with Crippen LogP contribution in [0.2, 0.25) is 0 Å². The van der Waals surface area contributed by atoms with Crippen molar-refractivity contribution >= 4 is 11.0 Å². The molecule has 0 atom stereocenters. The molecule has 0 saturated carbocycles. The maximum Gasteiger partial charge on any atom is 0.235 e. The Kier molecular flexibility index (Phi) is 6.54. The van der Waals surface area contributed by atoms with Crippen molar-refractivity contribution < 1.29 is 23.4 Å². The van der Waals surface area contributed by atoms with Gasteiger partial charge in [-0.15, -0.1) is 0 Å². The van der Waals surface area contributed by atoms with Gasteiger partial charge in [0.1, 0.15) is 36.0 Å². The summed E-state index contributed by atoms with van der Waals surface area (Å²) in [6, 6.07) is 18.4. The van der Waals surface area contributed by atoms with Crippen LogP contribution in [0.1, 0.15) is 11.1 Å². The van der Waals surface area contributed by atoms with Crippen LogP contribution in [0.4, 0.5) is 0 Å². The summed E-state index contributed by atoms with van der Waals surface area (Å²) >= 11 is 0. The van der Waals surface area contributed by atoms with Crippen molar-refractivity contribution in [2.45, 2.75) is 13.8 Å². The van der Waals surface area contributed by atoms with Gasteiger partial charge in [0, 0.05) is 5.56 Å². The molecule has 6 nitrogen and oxygen atoms in total. The lowest BCUT2D eigenvalue weighted by molar-refractivity contribution is 0.214. The highest BCUT2D eigenvalue weighted by atomic mass is 16.5. The minimum absolute atomic E-state index is 0.165. The van der Waals surface area contributed by atoms with Gasteiger partial charge in [-0.1, -0.05) is 6.07 Å². The zero-order chi connectivity index (χ0) is 23.4. The Morgan fingerprint density at radius 2 is 1.33 bits per heavy atom. The van der Waals surface area contributed by atoms with Crippen molar-refractivity contribution in [3.63, 3.8) is 0 Å². The molecule has 0 radical (unpaired) electrons. The van der Waals surface area contributed by atoms with Gasteiger partial charge in [0.25, 0.3) is 0 Å². The quantitative estimate of drug-likeness (QED) is 0.331. The zero-order valence-corrected chi connectivity index (χ0v) is 19.1. The fourth-order valence-electron chi connectivity index (χ4n) is 3.71. The molecule has 4 rings (SSSR count). The monoisotopic (exact) mass is 446 g/mol. The highest BCUT2D eigenvalue weighted by Crippen LogP contribution is 2.33. The first-order chi connectivity index (χ1) is 16.0. The summed E-state index contributed by atoms with van der Waals surface area (Å²) in [4.78, 5) is 13.4. The molecule has 0 spiro atoms. The molecule has 1 aromatic heterocycles. The van der Waals surface area contributed by atoms with Crippen LogP contribution in [0.3, 0.4) is 0 Å². The second-order valence-corrected chi connectivity index (χ2v) is 7.65. The first-order valence-electron chi connectivity index (χ1n) is 10.6. The molecule has 170 valence electrons. The van der Waals surface area contributed by atoms with Gasteiger partial charge >= 0.3 is 0 Å². The van der Waals surface area contributed by atoms with E-state index in [4.69, 9.17) is 23.4 Å². The van der Waals surface area contributed by atoms with Gasteiger partial charge in [-0.05, 0) is 79.6 Å². The largest absolute Gasteiger partial charge is 0.497 e. The van der Waals surface area contributed by atoms with Crippen LogP contribution >= 0.6 is 0 Å². The van der Waals surface area contributed by atoms with Gasteiger partial charge < -0.3 is 23.4 Å². The third-order valence-electron chi connectivity index (χ3n) is 5.31. The molecule has 0 amide bonds. The van der Waals surface area contributed by atoms with E-state index in [0.717, 1.165) is 22.4 Å². The second-order valence-electron chi connectivity index (χ2n) is 7.65. The van der Waals surface area contributed by atoms with Crippen LogP contribution in [-0.4, -0.2) is 27.4 Å². The summed E-state index contributed by atoms with van der Waals surface area (Å²) in [6.07, 6.45) is 0. The Bertz CT molecular complexity index is 1300. The Balaban J connectivity index is 1.65. The minimum atomic E-state index is -0.205. The van der Waals surface area contributed by atoms with E-state index in [0.29, 0.717) is 28.2 Å². The van der Waals surface area contributed by atoms with Gasteiger partial charge in [0.05, 0.1) is 19.6 Å². The molecule has 0 fully saturated rings. The predicted molar refractivity (Wildman–Crippen MR) is 128 cm³/mol. The molecule has 33 heavy (non-hydrogen) atoms. The Labute approximate surface area is 192 Å². The molecule has 6 heteroatoms. The number of ether oxygens (including phenoxy) is 4. The van der Waals surface area contributed by atoms with E-state index in [9.17, 15) is 4.79 Å².